The van der Waals surface area contributed by atoms with E-state index >= 15 is 0 Å². The van der Waals surface area contributed by atoms with Gasteiger partial charge >= 0.3 is 0 Å². The molecule has 4 atom stereocenters. The van der Waals surface area contributed by atoms with E-state index in [1.165, 1.54) is 0 Å². The molecule has 1 N–H and O–H groups in total. The van der Waals surface area contributed by atoms with E-state index in [2.05, 4.69) is 0 Å². The fraction of sp³-hybridized carbons (Fsp3) is 0.917. The van der Waals surface area contributed by atoms with Gasteiger partial charge in [-0.25, -0.2) is 0 Å². The van der Waals surface area contributed by atoms with Gasteiger partial charge < -0.3 is 19.5 Å². The van der Waals surface area contributed by atoms with Crippen LogP contribution < -0.4 is 0 Å². The molecule has 4 unspecified atom stereocenters. The Morgan fingerprint density at radius 3 is 2.82 bits per heavy atom. The molecule has 1 saturated carbocycles. The van der Waals surface area contributed by atoms with Crippen molar-refractivity contribution in [1.29, 1.82) is 0 Å². The second-order valence-corrected chi connectivity index (χ2v) is 5.25. The average molecular weight is 241 g/mol. The molecular weight excluding hydrogens is 222 g/mol. The van der Waals surface area contributed by atoms with Crippen LogP contribution in [-0.2, 0) is 14.3 Å². The maximum Gasteiger partial charge on any atom is 0.254 e. The fourth-order valence-corrected chi connectivity index (χ4v) is 3.25. The molecule has 0 aromatic carbocycles. The molecule has 3 fully saturated rings. The SMILES string of the molecule is O=C(C1COCCO1)N1CC2CCC(O)C2C1. The quantitative estimate of drug-likeness (QED) is 0.680. The molecule has 0 aromatic heterocycles. The van der Waals surface area contributed by atoms with Crippen LogP contribution in [0.25, 0.3) is 0 Å². The minimum Gasteiger partial charge on any atom is -0.393 e. The lowest BCUT2D eigenvalue weighted by atomic mass is 10.00. The molecule has 1 amide bonds. The zero-order valence-corrected chi connectivity index (χ0v) is 9.88. The minimum atomic E-state index is -0.431. The van der Waals surface area contributed by atoms with Gasteiger partial charge in [-0.05, 0) is 18.8 Å². The summed E-state index contributed by atoms with van der Waals surface area (Å²) >= 11 is 0. The first-order valence-electron chi connectivity index (χ1n) is 6.42. The summed E-state index contributed by atoms with van der Waals surface area (Å²) in [4.78, 5) is 14.0. The van der Waals surface area contributed by atoms with Crippen molar-refractivity contribution in [3.63, 3.8) is 0 Å². The van der Waals surface area contributed by atoms with Gasteiger partial charge in [0, 0.05) is 19.0 Å². The lowest BCUT2D eigenvalue weighted by Gasteiger charge is -2.27. The van der Waals surface area contributed by atoms with Crippen LogP contribution in [0.1, 0.15) is 12.8 Å². The molecular formula is C12H19NO4. The lowest BCUT2D eigenvalue weighted by molar-refractivity contribution is -0.157. The molecule has 5 nitrogen and oxygen atoms in total. The summed E-state index contributed by atoms with van der Waals surface area (Å²) in [7, 11) is 0. The first-order valence-corrected chi connectivity index (χ1v) is 6.42. The van der Waals surface area contributed by atoms with Crippen LogP contribution in [0.3, 0.4) is 0 Å². The van der Waals surface area contributed by atoms with E-state index < -0.39 is 6.10 Å². The Morgan fingerprint density at radius 2 is 2.12 bits per heavy atom. The number of hydrogen-bond donors (Lipinski definition) is 1. The van der Waals surface area contributed by atoms with Crippen molar-refractivity contribution in [2.45, 2.75) is 25.0 Å². The van der Waals surface area contributed by atoms with E-state index in [4.69, 9.17) is 9.47 Å². The first kappa shape index (κ1) is 11.4. The molecule has 2 aliphatic heterocycles. The summed E-state index contributed by atoms with van der Waals surface area (Å²) in [6, 6.07) is 0. The highest BCUT2D eigenvalue weighted by Crippen LogP contribution is 2.38. The van der Waals surface area contributed by atoms with Gasteiger partial charge in [-0.2, -0.15) is 0 Å². The third-order valence-electron chi connectivity index (χ3n) is 4.22. The standard InChI is InChI=1S/C12H19NO4/c14-10-2-1-8-5-13(6-9(8)10)12(15)11-7-16-3-4-17-11/h8-11,14H,1-7H2. The zero-order chi connectivity index (χ0) is 11.8. The van der Waals surface area contributed by atoms with Crippen molar-refractivity contribution in [2.75, 3.05) is 32.9 Å². The highest BCUT2D eigenvalue weighted by molar-refractivity contribution is 5.81. The summed E-state index contributed by atoms with van der Waals surface area (Å²) in [5, 5.41) is 9.82. The van der Waals surface area contributed by atoms with E-state index in [-0.39, 0.29) is 17.9 Å². The predicted molar refractivity (Wildman–Crippen MR) is 59.4 cm³/mol. The largest absolute Gasteiger partial charge is 0.393 e. The van der Waals surface area contributed by atoms with Gasteiger partial charge in [0.25, 0.3) is 5.91 Å². The van der Waals surface area contributed by atoms with Crippen molar-refractivity contribution >= 4 is 5.91 Å². The second kappa shape index (κ2) is 4.55. The van der Waals surface area contributed by atoms with Crippen molar-refractivity contribution < 1.29 is 19.4 Å². The highest BCUT2D eigenvalue weighted by Gasteiger charge is 2.44. The molecule has 0 radical (unpaired) electrons. The molecule has 0 aromatic rings. The third-order valence-corrected chi connectivity index (χ3v) is 4.22. The molecule has 2 saturated heterocycles. The van der Waals surface area contributed by atoms with Crippen LogP contribution >= 0.6 is 0 Å². The maximum absolute atomic E-state index is 12.2. The Labute approximate surface area is 101 Å². The number of nitrogens with zero attached hydrogens (tertiary/aromatic N) is 1. The number of ether oxygens (including phenoxy) is 2. The summed E-state index contributed by atoms with van der Waals surface area (Å²) in [5.74, 6) is 0.799. The number of carbonyl (C=O) groups excluding carboxylic acids is 1. The van der Waals surface area contributed by atoms with Crippen molar-refractivity contribution in [3.8, 4) is 0 Å². The van der Waals surface area contributed by atoms with Crippen LogP contribution in [0.2, 0.25) is 0 Å². The van der Waals surface area contributed by atoms with Gasteiger partial charge in [-0.3, -0.25) is 4.79 Å². The Hall–Kier alpha value is -0.650. The van der Waals surface area contributed by atoms with E-state index in [1.54, 1.807) is 0 Å². The van der Waals surface area contributed by atoms with Crippen LogP contribution in [-0.4, -0.2) is 61.0 Å². The number of amides is 1. The Balaban J connectivity index is 1.60. The molecule has 2 heterocycles. The molecule has 3 rings (SSSR count). The van der Waals surface area contributed by atoms with Gasteiger partial charge in [-0.1, -0.05) is 0 Å². The van der Waals surface area contributed by atoms with E-state index in [9.17, 15) is 9.90 Å². The smallest absolute Gasteiger partial charge is 0.254 e. The zero-order valence-electron chi connectivity index (χ0n) is 9.88. The van der Waals surface area contributed by atoms with Crippen LogP contribution in [0.15, 0.2) is 0 Å². The maximum atomic E-state index is 12.2. The molecule has 5 heteroatoms. The van der Waals surface area contributed by atoms with Gasteiger partial charge in [0.05, 0.1) is 25.9 Å². The normalized spacial score (nSPS) is 41.6. The van der Waals surface area contributed by atoms with Crippen molar-refractivity contribution in [1.82, 2.24) is 4.90 Å². The number of aliphatic hydroxyl groups excluding tert-OH is 1. The number of fused-ring (bicyclic) bond motifs is 1. The molecule has 0 spiro atoms. The summed E-state index contributed by atoms with van der Waals surface area (Å²) in [6.07, 6.45) is 1.28. The van der Waals surface area contributed by atoms with Crippen LogP contribution in [0.5, 0.6) is 0 Å². The van der Waals surface area contributed by atoms with Gasteiger partial charge in [0.2, 0.25) is 0 Å². The monoisotopic (exact) mass is 241 g/mol. The topological polar surface area (TPSA) is 59.0 Å². The predicted octanol–water partition coefficient (Wildman–Crippen LogP) is -0.369. The Bertz CT molecular complexity index is 303. The Kier molecular flexibility index (Phi) is 3.06. The summed E-state index contributed by atoms with van der Waals surface area (Å²) in [5.41, 5.74) is 0. The number of likely N-dealkylation sites (tertiary alicyclic amines) is 1. The summed E-state index contributed by atoms with van der Waals surface area (Å²) < 4.78 is 10.7. The number of hydrogen-bond acceptors (Lipinski definition) is 4. The Morgan fingerprint density at radius 1 is 1.24 bits per heavy atom. The number of rotatable bonds is 1. The van der Waals surface area contributed by atoms with E-state index in [0.29, 0.717) is 32.3 Å². The molecule has 17 heavy (non-hydrogen) atoms. The summed E-state index contributed by atoms with van der Waals surface area (Å²) in [6.45, 7) is 2.91. The van der Waals surface area contributed by atoms with Crippen molar-refractivity contribution in [2.24, 2.45) is 11.8 Å². The van der Waals surface area contributed by atoms with E-state index in [1.807, 2.05) is 4.90 Å². The molecule has 0 bridgehead atoms. The number of aliphatic hydroxyl groups is 1. The van der Waals surface area contributed by atoms with Gasteiger partial charge in [0.1, 0.15) is 0 Å². The van der Waals surface area contributed by atoms with Crippen LogP contribution in [0.4, 0.5) is 0 Å². The lowest BCUT2D eigenvalue weighted by Crippen LogP contribution is -2.45. The minimum absolute atomic E-state index is 0.0336. The first-order chi connectivity index (χ1) is 8.25. The third kappa shape index (κ3) is 2.07. The highest BCUT2D eigenvalue weighted by atomic mass is 16.6. The fourth-order valence-electron chi connectivity index (χ4n) is 3.25. The average Bonchev–Trinajstić information content (AvgIpc) is 2.92. The number of carbonyl (C=O) groups is 1. The van der Waals surface area contributed by atoms with Crippen molar-refractivity contribution in [3.05, 3.63) is 0 Å². The van der Waals surface area contributed by atoms with Crippen LogP contribution in [0, 0.1) is 11.8 Å². The second-order valence-electron chi connectivity index (χ2n) is 5.25. The molecule has 1 aliphatic carbocycles. The van der Waals surface area contributed by atoms with Gasteiger partial charge in [-0.15, -0.1) is 0 Å². The van der Waals surface area contributed by atoms with Gasteiger partial charge in [0.15, 0.2) is 6.10 Å². The molecule has 3 aliphatic rings. The van der Waals surface area contributed by atoms with E-state index in [0.717, 1.165) is 19.4 Å². The molecule has 96 valence electrons.